The van der Waals surface area contributed by atoms with Gasteiger partial charge in [0.1, 0.15) is 11.5 Å². The van der Waals surface area contributed by atoms with E-state index >= 15 is 0 Å². The zero-order valence-electron chi connectivity index (χ0n) is 9.31. The van der Waals surface area contributed by atoms with Crippen LogP contribution < -0.4 is 15.2 Å². The Labute approximate surface area is 103 Å². The Kier molecular flexibility index (Phi) is 4.38. The number of nitrogen functional groups attached to an aromatic ring is 1. The number of ether oxygens (including phenoxy) is 2. The molecule has 0 saturated carbocycles. The summed E-state index contributed by atoms with van der Waals surface area (Å²) in [5, 5.41) is 0. The highest BCUT2D eigenvalue weighted by Crippen LogP contribution is 2.29. The molecule has 1 rings (SSSR count). The van der Waals surface area contributed by atoms with Gasteiger partial charge < -0.3 is 15.2 Å². The summed E-state index contributed by atoms with van der Waals surface area (Å²) in [6, 6.07) is 3.06. The second kappa shape index (κ2) is 5.45. The SMILES string of the molecule is Nc1ccc(OCC(F)(F)F)cc1OCC(F)(F)F. The molecule has 0 bridgehead atoms. The first-order chi connectivity index (χ1) is 8.57. The van der Waals surface area contributed by atoms with E-state index in [0.717, 1.165) is 18.2 Å². The molecule has 0 radical (unpaired) electrons. The number of benzene rings is 1. The predicted octanol–water partition coefficient (Wildman–Crippen LogP) is 3.15. The fraction of sp³-hybridized carbons (Fsp3) is 0.400. The Morgan fingerprint density at radius 3 is 1.95 bits per heavy atom. The minimum Gasteiger partial charge on any atom is -0.484 e. The van der Waals surface area contributed by atoms with E-state index in [1.54, 1.807) is 0 Å². The van der Waals surface area contributed by atoms with Crippen LogP contribution in [0, 0.1) is 0 Å². The molecule has 0 amide bonds. The van der Waals surface area contributed by atoms with E-state index in [-0.39, 0.29) is 11.4 Å². The molecule has 0 fully saturated rings. The number of halogens is 6. The van der Waals surface area contributed by atoms with Crippen molar-refractivity contribution in [1.29, 1.82) is 0 Å². The maximum atomic E-state index is 11.9. The molecule has 0 aromatic heterocycles. The highest BCUT2D eigenvalue weighted by atomic mass is 19.4. The fourth-order valence-electron chi connectivity index (χ4n) is 1.05. The fourth-order valence-corrected chi connectivity index (χ4v) is 1.05. The lowest BCUT2D eigenvalue weighted by Gasteiger charge is -2.13. The normalized spacial score (nSPS) is 12.3. The summed E-state index contributed by atoms with van der Waals surface area (Å²) in [6.07, 6.45) is -9.12. The third kappa shape index (κ3) is 6.07. The van der Waals surface area contributed by atoms with Gasteiger partial charge in [-0.15, -0.1) is 0 Å². The number of anilines is 1. The highest BCUT2D eigenvalue weighted by Gasteiger charge is 2.30. The molecule has 0 aliphatic rings. The van der Waals surface area contributed by atoms with Gasteiger partial charge in [0.25, 0.3) is 0 Å². The number of hydrogen-bond donors (Lipinski definition) is 1. The van der Waals surface area contributed by atoms with Crippen molar-refractivity contribution in [2.45, 2.75) is 12.4 Å². The minimum atomic E-state index is -4.57. The molecule has 1 aromatic carbocycles. The molecule has 3 nitrogen and oxygen atoms in total. The Morgan fingerprint density at radius 1 is 0.895 bits per heavy atom. The highest BCUT2D eigenvalue weighted by molar-refractivity contribution is 5.55. The zero-order valence-corrected chi connectivity index (χ0v) is 9.31. The largest absolute Gasteiger partial charge is 0.484 e. The van der Waals surface area contributed by atoms with Crippen LogP contribution in [0.3, 0.4) is 0 Å². The lowest BCUT2D eigenvalue weighted by Crippen LogP contribution is -2.20. The number of alkyl halides is 6. The van der Waals surface area contributed by atoms with Crippen LogP contribution in [0.15, 0.2) is 18.2 Å². The van der Waals surface area contributed by atoms with Gasteiger partial charge in [0, 0.05) is 6.07 Å². The second-order valence-electron chi connectivity index (χ2n) is 3.51. The van der Waals surface area contributed by atoms with Gasteiger partial charge in [-0.3, -0.25) is 0 Å². The Bertz CT molecular complexity index is 429. The molecule has 0 aliphatic carbocycles. The zero-order chi connectivity index (χ0) is 14.7. The lowest BCUT2D eigenvalue weighted by atomic mass is 10.3. The molecule has 0 saturated heterocycles. The van der Waals surface area contributed by atoms with Gasteiger partial charge in [-0.05, 0) is 12.1 Å². The van der Waals surface area contributed by atoms with E-state index in [2.05, 4.69) is 9.47 Å². The third-order valence-electron chi connectivity index (χ3n) is 1.78. The van der Waals surface area contributed by atoms with Gasteiger partial charge in [0.05, 0.1) is 5.69 Å². The molecule has 1 aromatic rings. The van der Waals surface area contributed by atoms with Crippen molar-refractivity contribution in [3.63, 3.8) is 0 Å². The molecule has 9 heteroatoms. The van der Waals surface area contributed by atoms with Gasteiger partial charge in [-0.2, -0.15) is 26.3 Å². The average Bonchev–Trinajstić information content (AvgIpc) is 2.24. The Hall–Kier alpha value is -1.80. The summed E-state index contributed by atoms with van der Waals surface area (Å²) in [5.74, 6) is -0.680. The van der Waals surface area contributed by atoms with Crippen molar-refractivity contribution < 1.29 is 35.8 Å². The quantitative estimate of drug-likeness (QED) is 0.684. The van der Waals surface area contributed by atoms with Gasteiger partial charge >= 0.3 is 12.4 Å². The van der Waals surface area contributed by atoms with E-state index in [1.165, 1.54) is 0 Å². The third-order valence-corrected chi connectivity index (χ3v) is 1.78. The van der Waals surface area contributed by atoms with Crippen molar-refractivity contribution in [3.05, 3.63) is 18.2 Å². The maximum Gasteiger partial charge on any atom is 0.422 e. The van der Waals surface area contributed by atoms with E-state index < -0.39 is 31.3 Å². The van der Waals surface area contributed by atoms with Gasteiger partial charge in [0.15, 0.2) is 13.2 Å². The van der Waals surface area contributed by atoms with Crippen molar-refractivity contribution in [3.8, 4) is 11.5 Å². The molecule has 0 heterocycles. The van der Waals surface area contributed by atoms with Gasteiger partial charge in [0.2, 0.25) is 0 Å². The van der Waals surface area contributed by atoms with Crippen LogP contribution in [0.2, 0.25) is 0 Å². The van der Waals surface area contributed by atoms with E-state index in [0.29, 0.717) is 0 Å². The summed E-state index contributed by atoms with van der Waals surface area (Å²) >= 11 is 0. The number of nitrogens with two attached hydrogens (primary N) is 1. The summed E-state index contributed by atoms with van der Waals surface area (Å²) in [7, 11) is 0. The molecule has 108 valence electrons. The van der Waals surface area contributed by atoms with Crippen molar-refractivity contribution in [2.24, 2.45) is 0 Å². The van der Waals surface area contributed by atoms with Crippen molar-refractivity contribution in [1.82, 2.24) is 0 Å². The Morgan fingerprint density at radius 2 is 1.42 bits per heavy atom. The first kappa shape index (κ1) is 15.3. The molecule has 0 aliphatic heterocycles. The van der Waals surface area contributed by atoms with Gasteiger partial charge in [-0.1, -0.05) is 0 Å². The second-order valence-corrected chi connectivity index (χ2v) is 3.51. The number of hydrogen-bond acceptors (Lipinski definition) is 3. The summed E-state index contributed by atoms with van der Waals surface area (Å²) in [4.78, 5) is 0. The van der Waals surface area contributed by atoms with Crippen molar-refractivity contribution >= 4 is 5.69 Å². The van der Waals surface area contributed by atoms with Crippen LogP contribution in [0.4, 0.5) is 32.0 Å². The molecule has 19 heavy (non-hydrogen) atoms. The predicted molar refractivity (Wildman–Crippen MR) is 54.0 cm³/mol. The van der Waals surface area contributed by atoms with E-state index in [1.807, 2.05) is 0 Å². The smallest absolute Gasteiger partial charge is 0.422 e. The minimum absolute atomic E-state index is 0.136. The Balaban J connectivity index is 2.71. The van der Waals surface area contributed by atoms with Crippen LogP contribution in [-0.2, 0) is 0 Å². The van der Waals surface area contributed by atoms with Gasteiger partial charge in [-0.25, -0.2) is 0 Å². The molecule has 2 N–H and O–H groups in total. The number of rotatable bonds is 4. The standard InChI is InChI=1S/C10H9F6NO2/c11-9(12,13)4-18-6-1-2-7(17)8(3-6)19-5-10(14,15)16/h1-3H,4-5,17H2. The van der Waals surface area contributed by atoms with Crippen LogP contribution in [0.5, 0.6) is 11.5 Å². The van der Waals surface area contributed by atoms with Crippen molar-refractivity contribution in [2.75, 3.05) is 18.9 Å². The lowest BCUT2D eigenvalue weighted by molar-refractivity contribution is -0.153. The monoisotopic (exact) mass is 289 g/mol. The van der Waals surface area contributed by atoms with Crippen LogP contribution in [0.25, 0.3) is 0 Å². The molecular formula is C10H9F6NO2. The van der Waals surface area contributed by atoms with E-state index in [9.17, 15) is 26.3 Å². The first-order valence-corrected chi connectivity index (χ1v) is 4.85. The topological polar surface area (TPSA) is 44.5 Å². The summed E-state index contributed by atoms with van der Waals surface area (Å²) in [6.45, 7) is -3.16. The molecular weight excluding hydrogens is 280 g/mol. The van der Waals surface area contributed by atoms with Crippen LogP contribution >= 0.6 is 0 Å². The van der Waals surface area contributed by atoms with E-state index in [4.69, 9.17) is 5.73 Å². The molecule has 0 unspecified atom stereocenters. The molecule has 0 atom stereocenters. The summed E-state index contributed by atoms with van der Waals surface area (Å²) in [5.41, 5.74) is 5.20. The molecule has 0 spiro atoms. The maximum absolute atomic E-state index is 11.9. The average molecular weight is 289 g/mol. The van der Waals surface area contributed by atoms with Crippen LogP contribution in [0.1, 0.15) is 0 Å². The van der Waals surface area contributed by atoms with Crippen LogP contribution in [-0.4, -0.2) is 25.6 Å². The first-order valence-electron chi connectivity index (χ1n) is 4.85. The summed E-state index contributed by atoms with van der Waals surface area (Å²) < 4.78 is 80.2.